The van der Waals surface area contributed by atoms with Crippen LogP contribution in [0.3, 0.4) is 0 Å². The van der Waals surface area contributed by atoms with E-state index in [2.05, 4.69) is 0 Å². The Labute approximate surface area is 147 Å². The van der Waals surface area contributed by atoms with E-state index in [9.17, 15) is 25.2 Å². The Kier molecular flexibility index (Phi) is 3.86. The number of phenols is 2. The number of benzene rings is 2. The summed E-state index contributed by atoms with van der Waals surface area (Å²) in [5.41, 5.74) is 0.268. The minimum Gasteiger partial charge on any atom is -0.508 e. The summed E-state index contributed by atoms with van der Waals surface area (Å²) in [6, 6.07) is 7.01. The van der Waals surface area contributed by atoms with Crippen molar-refractivity contribution in [2.75, 3.05) is 13.2 Å². The molecule has 0 fully saturated rings. The van der Waals surface area contributed by atoms with Gasteiger partial charge in [0.05, 0.1) is 6.61 Å². The topological polar surface area (TPSA) is 126 Å². The highest BCUT2D eigenvalue weighted by molar-refractivity contribution is 6.05. The largest absolute Gasteiger partial charge is 0.508 e. The monoisotopic (exact) mass is 360 g/mol. The van der Waals surface area contributed by atoms with Crippen molar-refractivity contribution in [3.8, 4) is 28.7 Å². The van der Waals surface area contributed by atoms with Gasteiger partial charge in [0.1, 0.15) is 29.4 Å². The van der Waals surface area contributed by atoms with Gasteiger partial charge < -0.3 is 34.6 Å². The van der Waals surface area contributed by atoms with E-state index < -0.39 is 29.8 Å². The zero-order valence-corrected chi connectivity index (χ0v) is 13.5. The highest BCUT2D eigenvalue weighted by atomic mass is 16.6. The van der Waals surface area contributed by atoms with Crippen molar-refractivity contribution in [3.05, 3.63) is 41.5 Å². The van der Waals surface area contributed by atoms with Gasteiger partial charge >= 0.3 is 0 Å². The van der Waals surface area contributed by atoms with Crippen LogP contribution in [0.25, 0.3) is 0 Å². The lowest BCUT2D eigenvalue weighted by Crippen LogP contribution is -2.36. The van der Waals surface area contributed by atoms with Crippen molar-refractivity contribution < 1.29 is 39.4 Å². The van der Waals surface area contributed by atoms with E-state index in [1.165, 1.54) is 6.07 Å². The first-order valence-corrected chi connectivity index (χ1v) is 7.97. The third-order valence-electron chi connectivity index (χ3n) is 4.34. The van der Waals surface area contributed by atoms with Gasteiger partial charge in [-0.1, -0.05) is 6.07 Å². The number of carbonyl (C=O) groups is 1. The van der Waals surface area contributed by atoms with Crippen LogP contribution >= 0.6 is 0 Å². The molecule has 0 radical (unpaired) electrons. The molecule has 0 aliphatic carbocycles. The van der Waals surface area contributed by atoms with E-state index in [4.69, 9.17) is 14.2 Å². The molecule has 0 amide bonds. The summed E-state index contributed by atoms with van der Waals surface area (Å²) in [5, 5.41) is 39.1. The molecule has 2 aliphatic heterocycles. The molecule has 8 heteroatoms. The predicted molar refractivity (Wildman–Crippen MR) is 86.9 cm³/mol. The summed E-state index contributed by atoms with van der Waals surface area (Å²) in [4.78, 5) is 12.5. The SMILES string of the molecule is O=C1c2c(O)cc(O)cc2OC(c2ccc3c(c2)OC(CO)CO3)C1O. The smallest absolute Gasteiger partial charge is 0.202 e. The molecule has 0 spiro atoms. The number of rotatable bonds is 2. The lowest BCUT2D eigenvalue weighted by Gasteiger charge is -2.31. The Morgan fingerprint density at radius 1 is 1.04 bits per heavy atom. The van der Waals surface area contributed by atoms with Crippen LogP contribution in [0.4, 0.5) is 0 Å². The first-order valence-electron chi connectivity index (χ1n) is 7.97. The second kappa shape index (κ2) is 6.08. The standard InChI is InChI=1S/C18H16O8/c19-6-10-7-24-12-2-1-8(3-13(12)25-10)18-17(23)16(22)15-11(21)4-9(20)5-14(15)26-18/h1-5,10,17-21,23H,6-7H2. The summed E-state index contributed by atoms with van der Waals surface area (Å²) >= 11 is 0. The fraction of sp³-hybridized carbons (Fsp3) is 0.278. The fourth-order valence-electron chi connectivity index (χ4n) is 3.06. The molecule has 2 aromatic rings. The molecule has 0 saturated heterocycles. The van der Waals surface area contributed by atoms with Crippen molar-refractivity contribution in [2.45, 2.75) is 18.3 Å². The molecule has 2 aromatic carbocycles. The normalized spacial score (nSPS) is 23.9. The number of carbonyl (C=O) groups excluding carboxylic acids is 1. The zero-order chi connectivity index (χ0) is 18.4. The zero-order valence-electron chi connectivity index (χ0n) is 13.5. The van der Waals surface area contributed by atoms with Crippen molar-refractivity contribution in [1.82, 2.24) is 0 Å². The molecule has 0 bridgehead atoms. The molecule has 4 N–H and O–H groups in total. The van der Waals surface area contributed by atoms with Crippen molar-refractivity contribution in [2.24, 2.45) is 0 Å². The van der Waals surface area contributed by atoms with Crippen LogP contribution in [0, 0.1) is 0 Å². The third-order valence-corrected chi connectivity index (χ3v) is 4.34. The second-order valence-electron chi connectivity index (χ2n) is 6.13. The molecular formula is C18H16O8. The van der Waals surface area contributed by atoms with E-state index in [0.29, 0.717) is 17.1 Å². The van der Waals surface area contributed by atoms with Crippen LogP contribution in [-0.4, -0.2) is 51.6 Å². The lowest BCUT2D eigenvalue weighted by atomic mass is 9.92. The maximum absolute atomic E-state index is 12.5. The summed E-state index contributed by atoms with van der Waals surface area (Å²) in [7, 11) is 0. The van der Waals surface area contributed by atoms with E-state index in [-0.39, 0.29) is 30.3 Å². The van der Waals surface area contributed by atoms with E-state index in [0.717, 1.165) is 6.07 Å². The highest BCUT2D eigenvalue weighted by Crippen LogP contribution is 2.43. The van der Waals surface area contributed by atoms with Gasteiger partial charge in [-0.2, -0.15) is 0 Å². The Bertz CT molecular complexity index is 878. The number of ketones is 1. The Morgan fingerprint density at radius 2 is 1.85 bits per heavy atom. The number of Topliss-reactive ketones (excluding diaryl/α,β-unsaturated/α-hetero) is 1. The fourth-order valence-corrected chi connectivity index (χ4v) is 3.06. The average Bonchev–Trinajstić information content (AvgIpc) is 2.63. The minimum atomic E-state index is -1.55. The molecule has 4 rings (SSSR count). The van der Waals surface area contributed by atoms with Crippen LogP contribution in [0.5, 0.6) is 28.7 Å². The van der Waals surface area contributed by atoms with Gasteiger partial charge in [0.25, 0.3) is 0 Å². The average molecular weight is 360 g/mol. The minimum absolute atomic E-state index is 0.0223. The molecule has 0 saturated carbocycles. The number of ether oxygens (including phenoxy) is 3. The summed E-state index contributed by atoms with van der Waals surface area (Å²) in [5.74, 6) is -0.623. The summed E-state index contributed by atoms with van der Waals surface area (Å²) in [6.07, 6.45) is -3.11. The molecule has 2 heterocycles. The summed E-state index contributed by atoms with van der Waals surface area (Å²) in [6.45, 7) is 0.00640. The van der Waals surface area contributed by atoms with E-state index in [1.807, 2.05) is 0 Å². The number of fused-ring (bicyclic) bond motifs is 2. The third kappa shape index (κ3) is 2.59. The maximum atomic E-state index is 12.5. The van der Waals surface area contributed by atoms with Gasteiger partial charge in [-0.05, 0) is 17.7 Å². The van der Waals surface area contributed by atoms with Gasteiger partial charge in [0, 0.05) is 12.1 Å². The lowest BCUT2D eigenvalue weighted by molar-refractivity contribution is 0.0202. The molecule has 8 nitrogen and oxygen atoms in total. The summed E-state index contributed by atoms with van der Waals surface area (Å²) < 4.78 is 16.8. The number of aromatic hydroxyl groups is 2. The van der Waals surface area contributed by atoms with Gasteiger partial charge in [-0.3, -0.25) is 4.79 Å². The Balaban J connectivity index is 1.71. The van der Waals surface area contributed by atoms with Crippen LogP contribution < -0.4 is 14.2 Å². The van der Waals surface area contributed by atoms with Gasteiger partial charge in [-0.15, -0.1) is 0 Å². The molecule has 2 aliphatic rings. The molecule has 136 valence electrons. The van der Waals surface area contributed by atoms with Gasteiger partial charge in [0.15, 0.2) is 29.8 Å². The predicted octanol–water partition coefficient (Wildman–Crippen LogP) is 0.907. The highest BCUT2D eigenvalue weighted by Gasteiger charge is 2.39. The first kappa shape index (κ1) is 16.5. The molecule has 3 atom stereocenters. The molecule has 3 unspecified atom stereocenters. The molecule has 26 heavy (non-hydrogen) atoms. The second-order valence-corrected chi connectivity index (χ2v) is 6.13. The van der Waals surface area contributed by atoms with Crippen LogP contribution in [0.15, 0.2) is 30.3 Å². The van der Waals surface area contributed by atoms with Gasteiger partial charge in [0.2, 0.25) is 5.78 Å². The maximum Gasteiger partial charge on any atom is 0.202 e. The van der Waals surface area contributed by atoms with Gasteiger partial charge in [-0.25, -0.2) is 0 Å². The number of aliphatic hydroxyl groups excluding tert-OH is 2. The number of phenolic OH excluding ortho intramolecular Hbond substituents is 2. The van der Waals surface area contributed by atoms with E-state index in [1.54, 1.807) is 18.2 Å². The molecule has 0 aromatic heterocycles. The van der Waals surface area contributed by atoms with Crippen LogP contribution in [-0.2, 0) is 0 Å². The Morgan fingerprint density at radius 3 is 2.62 bits per heavy atom. The van der Waals surface area contributed by atoms with Crippen LogP contribution in [0.1, 0.15) is 22.0 Å². The van der Waals surface area contributed by atoms with Crippen molar-refractivity contribution in [3.63, 3.8) is 0 Å². The van der Waals surface area contributed by atoms with Crippen molar-refractivity contribution >= 4 is 5.78 Å². The van der Waals surface area contributed by atoms with Crippen molar-refractivity contribution in [1.29, 1.82) is 0 Å². The number of hydrogen-bond donors (Lipinski definition) is 4. The Hall–Kier alpha value is -2.97. The van der Waals surface area contributed by atoms with E-state index >= 15 is 0 Å². The number of aliphatic hydroxyl groups is 2. The van der Waals surface area contributed by atoms with Crippen LogP contribution in [0.2, 0.25) is 0 Å². The number of hydrogen-bond acceptors (Lipinski definition) is 8. The quantitative estimate of drug-likeness (QED) is 0.623. The molecular weight excluding hydrogens is 344 g/mol. The first-order chi connectivity index (χ1) is 12.5.